The zero-order valence-corrected chi connectivity index (χ0v) is 18.8. The van der Waals surface area contributed by atoms with Crippen LogP contribution in [0.2, 0.25) is 0 Å². The Bertz CT molecular complexity index is 1120. The van der Waals surface area contributed by atoms with Crippen LogP contribution >= 0.6 is 0 Å². The van der Waals surface area contributed by atoms with E-state index in [4.69, 9.17) is 4.42 Å². The number of anilines is 1. The molecule has 4 aromatic rings. The summed E-state index contributed by atoms with van der Waals surface area (Å²) in [5.41, 5.74) is 3.47. The van der Waals surface area contributed by atoms with Crippen molar-refractivity contribution in [3.8, 4) is 0 Å². The van der Waals surface area contributed by atoms with E-state index in [9.17, 15) is 0 Å². The van der Waals surface area contributed by atoms with Gasteiger partial charge < -0.3 is 9.32 Å². The Morgan fingerprint density at radius 3 is 2.53 bits per heavy atom. The second kappa shape index (κ2) is 9.12. The fourth-order valence-electron chi connectivity index (χ4n) is 4.48. The highest BCUT2D eigenvalue weighted by Crippen LogP contribution is 2.33. The van der Waals surface area contributed by atoms with Gasteiger partial charge in [0.1, 0.15) is 17.4 Å². The van der Waals surface area contributed by atoms with Gasteiger partial charge >= 0.3 is 0 Å². The third-order valence-corrected chi connectivity index (χ3v) is 6.32. The number of unbranched alkanes of at least 4 members (excludes halogenated alkanes) is 1. The summed E-state index contributed by atoms with van der Waals surface area (Å²) in [4.78, 5) is 4.90. The Morgan fingerprint density at radius 1 is 1.00 bits per heavy atom. The number of hydrogen-bond acceptors (Lipinski definition) is 6. The summed E-state index contributed by atoms with van der Waals surface area (Å²) < 4.78 is 8.28. The second-order valence-corrected chi connectivity index (χ2v) is 8.56. The van der Waals surface area contributed by atoms with E-state index in [0.29, 0.717) is 0 Å². The number of tetrazole rings is 1. The molecule has 1 atom stereocenters. The lowest BCUT2D eigenvalue weighted by Crippen LogP contribution is -2.48. The lowest BCUT2D eigenvalue weighted by atomic mass is 10.1. The van der Waals surface area contributed by atoms with E-state index in [0.717, 1.165) is 68.1 Å². The first kappa shape index (κ1) is 20.7. The van der Waals surface area contributed by atoms with Crippen LogP contribution in [0.4, 0.5) is 5.69 Å². The van der Waals surface area contributed by atoms with Crippen molar-refractivity contribution in [1.29, 1.82) is 0 Å². The van der Waals surface area contributed by atoms with Crippen LogP contribution in [-0.4, -0.2) is 51.3 Å². The van der Waals surface area contributed by atoms with Crippen molar-refractivity contribution in [2.75, 3.05) is 31.1 Å². The number of nitrogens with zero attached hydrogens (tertiary/aromatic N) is 6. The maximum Gasteiger partial charge on any atom is 0.176 e. The minimum absolute atomic E-state index is 0.102. The highest BCUT2D eigenvalue weighted by Gasteiger charge is 2.33. The maximum absolute atomic E-state index is 6.33. The first-order chi connectivity index (χ1) is 15.7. The summed E-state index contributed by atoms with van der Waals surface area (Å²) in [7, 11) is 0. The largest absolute Gasteiger partial charge is 0.459 e. The number of piperazine rings is 1. The fourth-order valence-corrected chi connectivity index (χ4v) is 4.48. The van der Waals surface area contributed by atoms with Crippen LogP contribution in [0.15, 0.2) is 59.0 Å². The van der Waals surface area contributed by atoms with Crippen LogP contribution < -0.4 is 4.90 Å². The second-order valence-electron chi connectivity index (χ2n) is 8.56. The Hall–Kier alpha value is -3.19. The molecule has 7 heteroatoms. The quantitative estimate of drug-likeness (QED) is 0.432. The van der Waals surface area contributed by atoms with Crippen molar-refractivity contribution in [3.63, 3.8) is 0 Å². The number of benzene rings is 2. The topological polar surface area (TPSA) is 63.2 Å². The van der Waals surface area contributed by atoms with Gasteiger partial charge in [-0.15, -0.1) is 5.10 Å². The van der Waals surface area contributed by atoms with E-state index >= 15 is 0 Å². The molecule has 0 saturated carbocycles. The van der Waals surface area contributed by atoms with Crippen LogP contribution in [0.5, 0.6) is 0 Å². The number of furan rings is 1. The smallest absolute Gasteiger partial charge is 0.176 e. The third kappa shape index (κ3) is 4.12. The van der Waals surface area contributed by atoms with Gasteiger partial charge in [-0.3, -0.25) is 4.90 Å². The van der Waals surface area contributed by atoms with Gasteiger partial charge in [-0.25, -0.2) is 4.68 Å². The van der Waals surface area contributed by atoms with E-state index in [2.05, 4.69) is 75.6 Å². The molecule has 1 unspecified atom stereocenters. The molecule has 166 valence electrons. The average molecular weight is 431 g/mol. The van der Waals surface area contributed by atoms with Gasteiger partial charge in [-0.05, 0) is 48.0 Å². The van der Waals surface area contributed by atoms with Crippen molar-refractivity contribution < 1.29 is 4.42 Å². The molecule has 1 aliphatic heterocycles. The van der Waals surface area contributed by atoms with Crippen LogP contribution in [0.1, 0.15) is 43.0 Å². The average Bonchev–Trinajstić information content (AvgIpc) is 3.46. The molecule has 1 fully saturated rings. The van der Waals surface area contributed by atoms with Crippen molar-refractivity contribution in [2.45, 2.75) is 39.3 Å². The summed E-state index contributed by atoms with van der Waals surface area (Å²) in [5.74, 6) is 1.77. The molecule has 7 nitrogen and oxygen atoms in total. The lowest BCUT2D eigenvalue weighted by Gasteiger charge is -2.39. The number of aromatic nitrogens is 4. The van der Waals surface area contributed by atoms with Gasteiger partial charge in [0.25, 0.3) is 0 Å². The van der Waals surface area contributed by atoms with Crippen molar-refractivity contribution in [2.24, 2.45) is 0 Å². The predicted molar refractivity (Wildman–Crippen MR) is 126 cm³/mol. The molecule has 5 rings (SSSR count). The van der Waals surface area contributed by atoms with E-state index in [1.165, 1.54) is 11.3 Å². The Labute approximate surface area is 188 Å². The highest BCUT2D eigenvalue weighted by atomic mass is 16.3. The van der Waals surface area contributed by atoms with E-state index in [1.807, 2.05) is 22.9 Å². The first-order valence-electron chi connectivity index (χ1n) is 11.5. The summed E-state index contributed by atoms with van der Waals surface area (Å²) in [6.45, 7) is 8.87. The molecular weight excluding hydrogens is 400 g/mol. The normalized spacial score (nSPS) is 16.0. The van der Waals surface area contributed by atoms with Gasteiger partial charge in [-0.2, -0.15) is 0 Å². The van der Waals surface area contributed by atoms with Crippen molar-refractivity contribution in [1.82, 2.24) is 25.1 Å². The molecule has 0 N–H and O–H groups in total. The summed E-state index contributed by atoms with van der Waals surface area (Å²) in [6.07, 6.45) is 2.15. The molecule has 2 aromatic heterocycles. The predicted octanol–water partition coefficient (Wildman–Crippen LogP) is 4.44. The Morgan fingerprint density at radius 2 is 1.78 bits per heavy atom. The number of rotatable bonds is 7. The summed E-state index contributed by atoms with van der Waals surface area (Å²) in [6, 6.07) is 19.0. The lowest BCUT2D eigenvalue weighted by molar-refractivity contribution is 0.182. The molecule has 1 aliphatic rings. The molecule has 1 saturated heterocycles. The van der Waals surface area contributed by atoms with Crippen LogP contribution in [0, 0.1) is 6.92 Å². The zero-order valence-electron chi connectivity index (χ0n) is 18.8. The van der Waals surface area contributed by atoms with Gasteiger partial charge in [0.2, 0.25) is 0 Å². The highest BCUT2D eigenvalue weighted by molar-refractivity contribution is 5.77. The maximum atomic E-state index is 6.33. The van der Waals surface area contributed by atoms with Crippen LogP contribution in [0.3, 0.4) is 0 Å². The van der Waals surface area contributed by atoms with Crippen molar-refractivity contribution in [3.05, 3.63) is 71.7 Å². The number of aryl methyl sites for hydroxylation is 2. The van der Waals surface area contributed by atoms with E-state index in [-0.39, 0.29) is 6.04 Å². The molecule has 0 spiro atoms. The molecule has 0 radical (unpaired) electrons. The SMILES string of the molecule is CCCCn1nnnc1C(c1cc2ccccc2o1)N1CCN(c2ccc(C)cc2)CC1. The zero-order chi connectivity index (χ0) is 21.9. The molecular formula is C25H30N6O. The van der Waals surface area contributed by atoms with Crippen LogP contribution in [-0.2, 0) is 6.54 Å². The molecule has 0 amide bonds. The standard InChI is InChI=1S/C25H30N6O/c1-3-4-13-31-25(26-27-28-31)24(23-18-20-7-5-6-8-22(20)32-23)30-16-14-29(15-17-30)21-11-9-19(2)10-12-21/h5-12,18,24H,3-4,13-17H2,1-2H3. The molecule has 0 bridgehead atoms. The van der Waals surface area contributed by atoms with Gasteiger partial charge in [0.15, 0.2) is 5.82 Å². The van der Waals surface area contributed by atoms with Gasteiger partial charge in [-0.1, -0.05) is 49.2 Å². The third-order valence-electron chi connectivity index (χ3n) is 6.32. The Kier molecular flexibility index (Phi) is 5.90. The Balaban J connectivity index is 1.44. The molecule has 32 heavy (non-hydrogen) atoms. The number of fused-ring (bicyclic) bond motifs is 1. The van der Waals surface area contributed by atoms with E-state index in [1.54, 1.807) is 0 Å². The van der Waals surface area contributed by atoms with Gasteiger partial charge in [0.05, 0.1) is 0 Å². The monoisotopic (exact) mass is 430 g/mol. The fraction of sp³-hybridized carbons (Fsp3) is 0.400. The van der Waals surface area contributed by atoms with Crippen molar-refractivity contribution >= 4 is 16.7 Å². The minimum atomic E-state index is -0.102. The summed E-state index contributed by atoms with van der Waals surface area (Å²) >= 11 is 0. The number of para-hydroxylation sites is 1. The molecule has 0 aliphatic carbocycles. The molecule has 3 heterocycles. The summed E-state index contributed by atoms with van der Waals surface area (Å²) in [5, 5.41) is 13.9. The first-order valence-corrected chi connectivity index (χ1v) is 11.5. The van der Waals surface area contributed by atoms with Gasteiger partial charge in [0, 0.05) is 43.8 Å². The van der Waals surface area contributed by atoms with Crippen LogP contribution in [0.25, 0.3) is 11.0 Å². The number of hydrogen-bond donors (Lipinski definition) is 0. The molecule has 2 aromatic carbocycles. The van der Waals surface area contributed by atoms with E-state index < -0.39 is 0 Å². The minimum Gasteiger partial charge on any atom is -0.459 e.